The highest BCUT2D eigenvalue weighted by atomic mass is 16.7. The Morgan fingerprint density at radius 2 is 1.24 bits per heavy atom. The van der Waals surface area contributed by atoms with Gasteiger partial charge in [-0.3, -0.25) is 14.4 Å². The number of ether oxygens (including phenoxy) is 4. The molecule has 1 heterocycles. The van der Waals surface area contributed by atoms with Crippen LogP contribution in [0, 0.1) is 0 Å². The van der Waals surface area contributed by atoms with Crippen molar-refractivity contribution in [3.05, 3.63) is 36.1 Å². The van der Waals surface area contributed by atoms with Crippen LogP contribution in [0.15, 0.2) is 34.7 Å². The fraction of sp³-hybridized carbons (Fsp3) is 0.393. The van der Waals surface area contributed by atoms with Gasteiger partial charge in [-0.2, -0.15) is 0 Å². The second-order valence-corrected chi connectivity index (χ2v) is 9.07. The summed E-state index contributed by atoms with van der Waals surface area (Å²) in [6, 6.07) is 7.98. The van der Waals surface area contributed by atoms with Gasteiger partial charge in [-0.25, -0.2) is 9.59 Å². The van der Waals surface area contributed by atoms with Crippen molar-refractivity contribution >= 4 is 51.8 Å². The molecule has 14 nitrogen and oxygen atoms in total. The van der Waals surface area contributed by atoms with Crippen LogP contribution < -0.4 is 20.1 Å². The topological polar surface area (TPSA) is 200 Å². The molecule has 4 N–H and O–H groups in total. The van der Waals surface area contributed by atoms with Gasteiger partial charge in [0.2, 0.25) is 0 Å². The van der Waals surface area contributed by atoms with Gasteiger partial charge in [0.15, 0.2) is 28.6 Å². The molecule has 0 saturated carbocycles. The molecular weight excluding hydrogens is 556 g/mol. The Hall–Kier alpha value is -4.69. The van der Waals surface area contributed by atoms with Gasteiger partial charge in [0.05, 0.1) is 31.7 Å². The highest BCUT2D eigenvalue weighted by Gasteiger charge is 2.25. The number of fused-ring (bicyclic) bond motifs is 2. The Morgan fingerprint density at radius 1 is 0.738 bits per heavy atom. The van der Waals surface area contributed by atoms with Gasteiger partial charge < -0.3 is 44.2 Å². The molecule has 0 atom stereocenters. The predicted octanol–water partition coefficient (Wildman–Crippen LogP) is 3.73. The van der Waals surface area contributed by atoms with Crippen molar-refractivity contribution in [1.29, 1.82) is 0 Å². The van der Waals surface area contributed by atoms with Crippen LogP contribution in [0.5, 0.6) is 11.5 Å². The van der Waals surface area contributed by atoms with Crippen molar-refractivity contribution < 1.29 is 57.6 Å². The van der Waals surface area contributed by atoms with Crippen LogP contribution in [0.1, 0.15) is 43.2 Å². The number of hydrogen-bond acceptors (Lipinski definition) is 12. The number of benzene rings is 2. The van der Waals surface area contributed by atoms with Crippen molar-refractivity contribution in [2.24, 2.45) is 0 Å². The lowest BCUT2D eigenvalue weighted by Gasteiger charge is -2.13. The second kappa shape index (κ2) is 15.9. The fourth-order valence-corrected chi connectivity index (χ4v) is 3.89. The molecule has 1 aromatic heterocycles. The molecule has 0 radical (unpaired) electrons. The minimum absolute atomic E-state index is 0.0129. The number of aliphatic carboxylic acids is 2. The van der Waals surface area contributed by atoms with E-state index in [-0.39, 0.29) is 54.5 Å². The summed E-state index contributed by atoms with van der Waals surface area (Å²) in [6.07, 6.45) is 0.0361. The molecule has 3 rings (SSSR count). The molecule has 0 spiro atoms. The molecular formula is C28H32N2O12. The molecule has 3 aromatic rings. The van der Waals surface area contributed by atoms with Gasteiger partial charge in [-0.1, -0.05) is 24.3 Å². The average Bonchev–Trinajstić information content (AvgIpc) is 3.39. The zero-order valence-corrected chi connectivity index (χ0v) is 22.9. The monoisotopic (exact) mass is 588 g/mol. The molecule has 14 heteroatoms. The Kier molecular flexibility index (Phi) is 12.1. The molecule has 226 valence electrons. The summed E-state index contributed by atoms with van der Waals surface area (Å²) in [5.74, 6) is -2.39. The summed E-state index contributed by atoms with van der Waals surface area (Å²) < 4.78 is 27.1. The largest absolute Gasteiger partial charge is 0.513 e. The normalized spacial score (nSPS) is 10.9. The first kappa shape index (κ1) is 31.8. The van der Waals surface area contributed by atoms with Crippen LogP contribution >= 0.6 is 0 Å². The van der Waals surface area contributed by atoms with Crippen LogP contribution in [0.4, 0.5) is 9.59 Å². The molecule has 0 unspecified atom stereocenters. The summed E-state index contributed by atoms with van der Waals surface area (Å²) in [4.78, 5) is 58.3. The van der Waals surface area contributed by atoms with Gasteiger partial charge in [0.25, 0.3) is 0 Å². The molecule has 0 amide bonds. The van der Waals surface area contributed by atoms with Crippen LogP contribution in [0.2, 0.25) is 0 Å². The molecule has 0 bridgehead atoms. The minimum Gasteiger partial charge on any atom is -0.480 e. The van der Waals surface area contributed by atoms with Gasteiger partial charge in [0.1, 0.15) is 0 Å². The Balaban J connectivity index is 1.73. The maximum Gasteiger partial charge on any atom is 0.513 e. The van der Waals surface area contributed by atoms with E-state index >= 15 is 0 Å². The number of carboxylic acids is 2. The number of rotatable bonds is 17. The number of carboxylic acid groups (broad SMARTS) is 2. The van der Waals surface area contributed by atoms with E-state index in [2.05, 4.69) is 10.6 Å². The third-order valence-corrected chi connectivity index (χ3v) is 5.81. The molecule has 0 saturated heterocycles. The number of unbranched alkanes of at least 4 members (excludes halogenated alkanes) is 2. The molecule has 0 aliphatic heterocycles. The van der Waals surface area contributed by atoms with E-state index in [4.69, 9.17) is 33.6 Å². The van der Waals surface area contributed by atoms with E-state index < -0.39 is 30.0 Å². The zero-order chi connectivity index (χ0) is 30.5. The smallest absolute Gasteiger partial charge is 0.480 e. The lowest BCUT2D eigenvalue weighted by atomic mass is 10.1. The van der Waals surface area contributed by atoms with Crippen LogP contribution in [0.3, 0.4) is 0 Å². The first-order valence-corrected chi connectivity index (χ1v) is 13.2. The van der Waals surface area contributed by atoms with Gasteiger partial charge in [-0.05, 0) is 44.8 Å². The number of Topliss-reactive ketones (excluding diaryl/α,β-unsaturated/α-hetero) is 1. The Labute approximate surface area is 239 Å². The van der Waals surface area contributed by atoms with E-state index in [0.29, 0.717) is 49.5 Å². The first-order valence-electron chi connectivity index (χ1n) is 13.2. The van der Waals surface area contributed by atoms with E-state index in [1.165, 1.54) is 13.0 Å². The molecule has 2 aromatic carbocycles. The molecule has 0 aliphatic carbocycles. The summed E-state index contributed by atoms with van der Waals surface area (Å²) in [6.45, 7) is 1.89. The standard InChI is InChI=1S/C28H32N2O12/c1-17(31)21-14-20-24(41-27(36)38-12-6-4-10-29-15-22(32)33)18-8-2-3-9-19(18)25(26(20)40-21)42-28(37)39-13-7-5-11-30-16-23(34)35/h2-3,8-9,14,29-30H,4-7,10-13,15-16H2,1H3,(H,32,33)(H,34,35). The van der Waals surface area contributed by atoms with Gasteiger partial charge in [-0.15, -0.1) is 0 Å². The number of furan rings is 1. The maximum absolute atomic E-state index is 12.6. The van der Waals surface area contributed by atoms with Gasteiger partial charge in [0, 0.05) is 17.7 Å². The number of nitrogens with one attached hydrogen (secondary N) is 2. The van der Waals surface area contributed by atoms with Crippen LogP contribution in [-0.4, -0.2) is 79.6 Å². The van der Waals surface area contributed by atoms with E-state index in [9.17, 15) is 24.0 Å². The average molecular weight is 589 g/mol. The van der Waals surface area contributed by atoms with Crippen molar-refractivity contribution in [2.45, 2.75) is 32.6 Å². The van der Waals surface area contributed by atoms with Crippen molar-refractivity contribution in [3.63, 3.8) is 0 Å². The molecule has 42 heavy (non-hydrogen) atoms. The highest BCUT2D eigenvalue weighted by Crippen LogP contribution is 2.44. The van der Waals surface area contributed by atoms with Crippen molar-refractivity contribution in [2.75, 3.05) is 39.4 Å². The number of carbonyl (C=O) groups excluding carboxylic acids is 3. The van der Waals surface area contributed by atoms with Gasteiger partial charge >= 0.3 is 24.2 Å². The molecule has 0 fully saturated rings. The Morgan fingerprint density at radius 3 is 1.74 bits per heavy atom. The quantitative estimate of drug-likeness (QED) is 0.0769. The van der Waals surface area contributed by atoms with E-state index in [1.54, 1.807) is 24.3 Å². The lowest BCUT2D eigenvalue weighted by Crippen LogP contribution is -2.23. The van der Waals surface area contributed by atoms with Crippen molar-refractivity contribution in [1.82, 2.24) is 10.6 Å². The third-order valence-electron chi connectivity index (χ3n) is 5.81. The summed E-state index contributed by atoms with van der Waals surface area (Å²) in [7, 11) is 0. The lowest BCUT2D eigenvalue weighted by molar-refractivity contribution is -0.136. The van der Waals surface area contributed by atoms with Crippen LogP contribution in [-0.2, 0) is 19.1 Å². The summed E-state index contributed by atoms with van der Waals surface area (Å²) >= 11 is 0. The summed E-state index contributed by atoms with van der Waals surface area (Å²) in [5.41, 5.74) is -0.0129. The first-order chi connectivity index (χ1) is 20.2. The fourth-order valence-electron chi connectivity index (χ4n) is 3.89. The maximum atomic E-state index is 12.6. The van der Waals surface area contributed by atoms with E-state index in [0.717, 1.165) is 0 Å². The highest BCUT2D eigenvalue weighted by molar-refractivity contribution is 6.12. The van der Waals surface area contributed by atoms with Crippen LogP contribution in [0.25, 0.3) is 21.7 Å². The Bertz CT molecular complexity index is 1330. The van der Waals surface area contributed by atoms with Crippen molar-refractivity contribution in [3.8, 4) is 11.5 Å². The SMILES string of the molecule is CC(=O)c1cc2c(OC(=O)OCCCCNCC(=O)O)c3ccccc3c(OC(=O)OCCCCNCC(=O)O)c2o1. The number of hydrogen-bond donors (Lipinski definition) is 4. The predicted molar refractivity (Wildman–Crippen MR) is 147 cm³/mol. The number of carbonyl (C=O) groups is 5. The van der Waals surface area contributed by atoms with E-state index in [1.807, 2.05) is 0 Å². The molecule has 0 aliphatic rings. The summed E-state index contributed by atoms with van der Waals surface area (Å²) in [5, 5.41) is 23.6. The second-order valence-electron chi connectivity index (χ2n) is 9.07. The third kappa shape index (κ3) is 9.45. The zero-order valence-electron chi connectivity index (χ0n) is 22.9. The minimum atomic E-state index is -1.02. The number of ketones is 1.